The number of rotatable bonds is 9. The lowest BCUT2D eigenvalue weighted by molar-refractivity contribution is 0.0685. The fourth-order valence-electron chi connectivity index (χ4n) is 2.47. The molecule has 1 amide bonds. The van der Waals surface area contributed by atoms with Gasteiger partial charge in [-0.2, -0.15) is 4.31 Å². The minimum absolute atomic E-state index is 0.105. The van der Waals surface area contributed by atoms with Crippen molar-refractivity contribution in [2.75, 3.05) is 13.6 Å². The lowest BCUT2D eigenvalue weighted by atomic mass is 10.1. The van der Waals surface area contributed by atoms with E-state index in [4.69, 9.17) is 0 Å². The summed E-state index contributed by atoms with van der Waals surface area (Å²) in [5, 5.41) is 0. The molecule has 6 heteroatoms. The van der Waals surface area contributed by atoms with Gasteiger partial charge in [0.25, 0.3) is 5.91 Å². The number of amides is 1. The summed E-state index contributed by atoms with van der Waals surface area (Å²) in [4.78, 5) is 15.0. The predicted octanol–water partition coefficient (Wildman–Crippen LogP) is 3.76. The van der Waals surface area contributed by atoms with Gasteiger partial charge in [0.2, 0.25) is 10.0 Å². The van der Waals surface area contributed by atoms with E-state index in [1.54, 1.807) is 25.2 Å². The van der Waals surface area contributed by atoms with Crippen LogP contribution in [0.25, 0.3) is 0 Å². The number of hydrogen-bond acceptors (Lipinski definition) is 3. The maximum absolute atomic E-state index is 13.0. The summed E-state index contributed by atoms with van der Waals surface area (Å²) in [7, 11) is -2.04. The number of carbonyl (C=O) groups excluding carboxylic acids is 1. The van der Waals surface area contributed by atoms with Crippen molar-refractivity contribution in [3.8, 4) is 0 Å². The van der Waals surface area contributed by atoms with Gasteiger partial charge >= 0.3 is 0 Å². The van der Waals surface area contributed by atoms with Gasteiger partial charge in [-0.15, -0.1) is 0 Å². The largest absolute Gasteiger partial charge is 0.336 e. The van der Waals surface area contributed by atoms with Crippen LogP contribution in [-0.4, -0.2) is 49.2 Å². The fourth-order valence-corrected chi connectivity index (χ4v) is 3.88. The molecule has 5 nitrogen and oxygen atoms in total. The van der Waals surface area contributed by atoms with Crippen molar-refractivity contribution >= 4 is 15.9 Å². The number of sulfonamides is 1. The lowest BCUT2D eigenvalue weighted by Gasteiger charge is -2.29. The minimum atomic E-state index is -3.60. The van der Waals surface area contributed by atoms with E-state index in [1.807, 2.05) is 25.7 Å². The second kappa shape index (κ2) is 9.34. The van der Waals surface area contributed by atoms with Gasteiger partial charge in [0, 0.05) is 31.2 Å². The molecule has 0 spiro atoms. The van der Waals surface area contributed by atoms with E-state index in [1.165, 1.54) is 10.4 Å². The molecule has 1 unspecified atom stereocenters. The van der Waals surface area contributed by atoms with Gasteiger partial charge in [-0.25, -0.2) is 8.42 Å². The van der Waals surface area contributed by atoms with Gasteiger partial charge in [0.05, 0.1) is 4.90 Å². The lowest BCUT2D eigenvalue weighted by Crippen LogP contribution is -2.39. The highest BCUT2D eigenvalue weighted by atomic mass is 32.2. The number of nitrogens with zero attached hydrogens (tertiary/aromatic N) is 2. The summed E-state index contributed by atoms with van der Waals surface area (Å²) in [6.07, 6.45) is 2.81. The molecule has 142 valence electrons. The van der Waals surface area contributed by atoms with Gasteiger partial charge in [-0.1, -0.05) is 26.3 Å². The van der Waals surface area contributed by atoms with E-state index in [9.17, 15) is 13.2 Å². The van der Waals surface area contributed by atoms with Crippen LogP contribution >= 0.6 is 0 Å². The first-order valence-corrected chi connectivity index (χ1v) is 10.5. The average molecular weight is 369 g/mol. The second-order valence-corrected chi connectivity index (χ2v) is 8.75. The number of unbranched alkanes of at least 4 members (excludes halogenated alkanes) is 1. The van der Waals surface area contributed by atoms with Gasteiger partial charge in [-0.3, -0.25) is 4.79 Å². The molecule has 1 aromatic carbocycles. The summed E-state index contributed by atoms with van der Waals surface area (Å²) in [6.45, 7) is 10.5. The highest BCUT2D eigenvalue weighted by molar-refractivity contribution is 7.89. The molecule has 0 aromatic heterocycles. The molecule has 0 bridgehead atoms. The third kappa shape index (κ3) is 5.28. The molecular weight excluding hydrogens is 336 g/mol. The first-order chi connectivity index (χ1) is 11.7. The standard InChI is InChI=1S/C19H32N2O3S/c1-7-9-13-21(16(5)8-2)19(22)17-11-10-12-18(14-17)25(23,24)20(6)15(3)4/h10-12,14-16H,7-9,13H2,1-6H3. The van der Waals surface area contributed by atoms with Crippen molar-refractivity contribution < 1.29 is 13.2 Å². The molecule has 1 aromatic rings. The summed E-state index contributed by atoms with van der Waals surface area (Å²) in [6, 6.07) is 6.35. The van der Waals surface area contributed by atoms with Gasteiger partial charge in [0.15, 0.2) is 0 Å². The summed E-state index contributed by atoms with van der Waals surface area (Å²) < 4.78 is 26.7. The zero-order chi connectivity index (χ0) is 19.2. The number of benzene rings is 1. The van der Waals surface area contributed by atoms with Crippen molar-refractivity contribution in [3.05, 3.63) is 29.8 Å². The molecule has 0 radical (unpaired) electrons. The summed E-state index contributed by atoms with van der Waals surface area (Å²) in [5.41, 5.74) is 0.426. The zero-order valence-corrected chi connectivity index (χ0v) is 17.1. The van der Waals surface area contributed by atoms with Gasteiger partial charge < -0.3 is 4.90 Å². The van der Waals surface area contributed by atoms with E-state index >= 15 is 0 Å². The highest BCUT2D eigenvalue weighted by Gasteiger charge is 2.25. The third-order valence-electron chi connectivity index (χ3n) is 4.62. The Bertz CT molecular complexity index is 671. The molecule has 0 aliphatic heterocycles. The molecule has 0 saturated heterocycles. The summed E-state index contributed by atoms with van der Waals surface area (Å²) >= 11 is 0. The second-order valence-electron chi connectivity index (χ2n) is 6.75. The normalized spacial score (nSPS) is 13.3. The number of hydrogen-bond donors (Lipinski definition) is 0. The molecule has 0 saturated carbocycles. The third-order valence-corrected chi connectivity index (χ3v) is 6.65. The van der Waals surface area contributed by atoms with Crippen LogP contribution in [0, 0.1) is 0 Å². The zero-order valence-electron chi connectivity index (χ0n) is 16.3. The van der Waals surface area contributed by atoms with Gasteiger partial charge in [0.1, 0.15) is 0 Å². The Kier molecular flexibility index (Phi) is 8.09. The van der Waals surface area contributed by atoms with E-state index < -0.39 is 10.0 Å². The predicted molar refractivity (Wildman–Crippen MR) is 102 cm³/mol. The molecule has 1 rings (SSSR count). The van der Waals surface area contributed by atoms with Gasteiger partial charge in [-0.05, 0) is 51.8 Å². The Labute approximate surface area is 153 Å². The molecular formula is C19H32N2O3S. The summed E-state index contributed by atoms with van der Waals surface area (Å²) in [5.74, 6) is -0.105. The Morgan fingerprint density at radius 1 is 1.16 bits per heavy atom. The fraction of sp³-hybridized carbons (Fsp3) is 0.632. The molecule has 25 heavy (non-hydrogen) atoms. The van der Waals surface area contributed by atoms with E-state index in [-0.39, 0.29) is 22.9 Å². The topological polar surface area (TPSA) is 57.7 Å². The van der Waals surface area contributed by atoms with Crippen LogP contribution < -0.4 is 0 Å². The highest BCUT2D eigenvalue weighted by Crippen LogP contribution is 2.20. The van der Waals surface area contributed by atoms with Crippen LogP contribution in [-0.2, 0) is 10.0 Å². The maximum atomic E-state index is 13.0. The van der Waals surface area contributed by atoms with Crippen LogP contribution in [0.1, 0.15) is 64.2 Å². The average Bonchev–Trinajstić information content (AvgIpc) is 2.60. The molecule has 0 fully saturated rings. The monoisotopic (exact) mass is 368 g/mol. The number of carbonyl (C=O) groups is 1. The van der Waals surface area contributed by atoms with Crippen molar-refractivity contribution in [3.63, 3.8) is 0 Å². The van der Waals surface area contributed by atoms with Crippen molar-refractivity contribution in [2.45, 2.75) is 70.9 Å². The molecule has 0 aliphatic rings. The minimum Gasteiger partial charge on any atom is -0.336 e. The van der Waals surface area contributed by atoms with Crippen LogP contribution in [0.2, 0.25) is 0 Å². The van der Waals surface area contributed by atoms with Crippen LogP contribution in [0.4, 0.5) is 0 Å². The Hall–Kier alpha value is -1.40. The smallest absolute Gasteiger partial charge is 0.254 e. The molecule has 0 aliphatic carbocycles. The maximum Gasteiger partial charge on any atom is 0.254 e. The Balaban J connectivity index is 3.20. The van der Waals surface area contributed by atoms with Crippen molar-refractivity contribution in [1.82, 2.24) is 9.21 Å². The van der Waals surface area contributed by atoms with E-state index in [0.717, 1.165) is 19.3 Å². The molecule has 0 N–H and O–H groups in total. The van der Waals surface area contributed by atoms with E-state index in [2.05, 4.69) is 13.8 Å². The van der Waals surface area contributed by atoms with Crippen molar-refractivity contribution in [2.24, 2.45) is 0 Å². The van der Waals surface area contributed by atoms with Crippen LogP contribution in [0.5, 0.6) is 0 Å². The SMILES string of the molecule is CCCCN(C(=O)c1cccc(S(=O)(=O)N(C)C(C)C)c1)C(C)CC. The molecule has 0 heterocycles. The van der Waals surface area contributed by atoms with Crippen LogP contribution in [0.15, 0.2) is 29.2 Å². The Morgan fingerprint density at radius 2 is 1.80 bits per heavy atom. The first kappa shape index (κ1) is 21.6. The molecule has 1 atom stereocenters. The Morgan fingerprint density at radius 3 is 2.32 bits per heavy atom. The van der Waals surface area contributed by atoms with E-state index in [0.29, 0.717) is 12.1 Å². The quantitative estimate of drug-likeness (QED) is 0.667. The van der Waals surface area contributed by atoms with Crippen molar-refractivity contribution in [1.29, 1.82) is 0 Å². The van der Waals surface area contributed by atoms with Crippen LogP contribution in [0.3, 0.4) is 0 Å². The first-order valence-electron chi connectivity index (χ1n) is 9.05.